The molecule has 10 aromatic rings. The van der Waals surface area contributed by atoms with Crippen LogP contribution in [-0.2, 0) is 0 Å². The average Bonchev–Trinajstić information content (AvgIpc) is 3.75. The Bertz CT molecular complexity index is 3220. The molecule has 55 heavy (non-hydrogen) atoms. The molecule has 0 amide bonds. The molecule has 0 atom stereocenters. The maximum absolute atomic E-state index is 6.79. The molecular formula is C51H32N2O2. The van der Waals surface area contributed by atoms with Crippen molar-refractivity contribution >= 4 is 71.9 Å². The Morgan fingerprint density at radius 2 is 1.00 bits per heavy atom. The molecule has 0 fully saturated rings. The van der Waals surface area contributed by atoms with E-state index in [2.05, 4.69) is 152 Å². The van der Waals surface area contributed by atoms with E-state index in [1.54, 1.807) is 0 Å². The molecule has 4 nitrogen and oxygen atoms in total. The third-order valence-electron chi connectivity index (χ3n) is 10.8. The van der Waals surface area contributed by atoms with E-state index in [9.17, 15) is 0 Å². The lowest BCUT2D eigenvalue weighted by Gasteiger charge is -2.08. The molecule has 3 heterocycles. The molecule has 2 aromatic heterocycles. The van der Waals surface area contributed by atoms with Crippen molar-refractivity contribution in [3.8, 4) is 22.3 Å². The minimum atomic E-state index is 0.634. The summed E-state index contributed by atoms with van der Waals surface area (Å²) in [6.07, 6.45) is 2.84. The third-order valence-corrected chi connectivity index (χ3v) is 10.8. The molecule has 0 saturated carbocycles. The SMILES string of the molecule is C1=C(c2ccc(-c3ccccc3)cc2)N=C(c2cccc3oc4c(-c5cccc6c5oc5ccccc56)cccc4c23)N=C(c2ccc3ccccc3c2)C1. The maximum Gasteiger partial charge on any atom is 0.160 e. The summed E-state index contributed by atoms with van der Waals surface area (Å²) in [5.74, 6) is 0.650. The molecule has 0 unspecified atom stereocenters. The topological polar surface area (TPSA) is 51.0 Å². The monoisotopic (exact) mass is 704 g/mol. The van der Waals surface area contributed by atoms with Gasteiger partial charge in [0, 0.05) is 44.7 Å². The Hall–Kier alpha value is -7.30. The van der Waals surface area contributed by atoms with Gasteiger partial charge in [-0.2, -0.15) is 0 Å². The number of aliphatic imine (C=N–C) groups is 2. The number of fused-ring (bicyclic) bond motifs is 7. The second-order valence-corrected chi connectivity index (χ2v) is 14.0. The van der Waals surface area contributed by atoms with Crippen molar-refractivity contribution in [2.45, 2.75) is 6.42 Å². The molecule has 0 radical (unpaired) electrons. The summed E-state index contributed by atoms with van der Waals surface area (Å²) < 4.78 is 13.3. The number of hydrogen-bond donors (Lipinski definition) is 0. The van der Waals surface area contributed by atoms with Gasteiger partial charge in [-0.05, 0) is 51.2 Å². The largest absolute Gasteiger partial charge is 0.455 e. The number of benzene rings is 8. The quantitative estimate of drug-likeness (QED) is 0.179. The van der Waals surface area contributed by atoms with E-state index < -0.39 is 0 Å². The summed E-state index contributed by atoms with van der Waals surface area (Å²) in [4.78, 5) is 10.8. The van der Waals surface area contributed by atoms with Crippen LogP contribution in [0, 0.1) is 0 Å². The number of allylic oxidation sites excluding steroid dienone is 1. The van der Waals surface area contributed by atoms with Gasteiger partial charge in [-0.1, -0.05) is 164 Å². The smallest absolute Gasteiger partial charge is 0.160 e. The van der Waals surface area contributed by atoms with Gasteiger partial charge in [-0.25, -0.2) is 9.98 Å². The number of furan rings is 2. The molecule has 0 bridgehead atoms. The van der Waals surface area contributed by atoms with Crippen LogP contribution < -0.4 is 0 Å². The fourth-order valence-electron chi connectivity index (χ4n) is 8.08. The van der Waals surface area contributed by atoms with Crippen LogP contribution in [-0.4, -0.2) is 11.5 Å². The fraction of sp³-hybridized carbons (Fsp3) is 0.0196. The first-order valence-electron chi connectivity index (χ1n) is 18.6. The van der Waals surface area contributed by atoms with Gasteiger partial charge >= 0.3 is 0 Å². The normalized spacial score (nSPS) is 13.3. The van der Waals surface area contributed by atoms with Crippen LogP contribution in [0.5, 0.6) is 0 Å². The summed E-state index contributed by atoms with van der Waals surface area (Å²) >= 11 is 0. The maximum atomic E-state index is 6.79. The highest BCUT2D eigenvalue weighted by molar-refractivity contribution is 6.24. The predicted molar refractivity (Wildman–Crippen MR) is 228 cm³/mol. The van der Waals surface area contributed by atoms with Gasteiger partial charge < -0.3 is 8.83 Å². The number of para-hydroxylation sites is 3. The summed E-state index contributed by atoms with van der Waals surface area (Å²) in [6.45, 7) is 0. The van der Waals surface area contributed by atoms with Crippen LogP contribution in [0.3, 0.4) is 0 Å². The van der Waals surface area contributed by atoms with Crippen LogP contribution in [0.1, 0.15) is 23.1 Å². The molecule has 258 valence electrons. The minimum Gasteiger partial charge on any atom is -0.455 e. The molecule has 0 spiro atoms. The van der Waals surface area contributed by atoms with E-state index in [0.717, 1.165) is 83.1 Å². The highest BCUT2D eigenvalue weighted by Gasteiger charge is 2.22. The van der Waals surface area contributed by atoms with E-state index in [0.29, 0.717) is 12.3 Å². The van der Waals surface area contributed by atoms with Crippen LogP contribution >= 0.6 is 0 Å². The minimum absolute atomic E-state index is 0.634. The van der Waals surface area contributed by atoms with Crippen molar-refractivity contribution in [2.24, 2.45) is 9.98 Å². The Balaban J connectivity index is 1.09. The number of nitrogens with zero attached hydrogens (tertiary/aromatic N) is 2. The van der Waals surface area contributed by atoms with Crippen molar-refractivity contribution in [1.29, 1.82) is 0 Å². The second kappa shape index (κ2) is 12.7. The molecule has 1 aliphatic heterocycles. The zero-order chi connectivity index (χ0) is 36.3. The predicted octanol–water partition coefficient (Wildman–Crippen LogP) is 13.7. The average molecular weight is 705 g/mol. The Labute approximate surface area is 317 Å². The van der Waals surface area contributed by atoms with E-state index in [-0.39, 0.29) is 0 Å². The number of hydrogen-bond acceptors (Lipinski definition) is 4. The first kappa shape index (κ1) is 31.2. The molecule has 8 aromatic carbocycles. The summed E-state index contributed by atoms with van der Waals surface area (Å²) in [7, 11) is 0. The molecular weight excluding hydrogens is 673 g/mol. The lowest BCUT2D eigenvalue weighted by molar-refractivity contribution is 0.665. The lowest BCUT2D eigenvalue weighted by Crippen LogP contribution is -2.05. The molecule has 11 rings (SSSR count). The van der Waals surface area contributed by atoms with Crippen molar-refractivity contribution in [3.63, 3.8) is 0 Å². The Morgan fingerprint density at radius 3 is 1.85 bits per heavy atom. The van der Waals surface area contributed by atoms with Gasteiger partial charge in [-0.15, -0.1) is 0 Å². The number of rotatable bonds is 5. The van der Waals surface area contributed by atoms with E-state index in [1.807, 2.05) is 30.3 Å². The van der Waals surface area contributed by atoms with Gasteiger partial charge in [0.1, 0.15) is 22.3 Å². The van der Waals surface area contributed by atoms with Gasteiger partial charge in [-0.3, -0.25) is 0 Å². The molecule has 1 aliphatic rings. The molecule has 0 saturated heterocycles. The molecule has 0 N–H and O–H groups in total. The van der Waals surface area contributed by atoms with Crippen LogP contribution in [0.15, 0.2) is 201 Å². The van der Waals surface area contributed by atoms with Crippen LogP contribution in [0.25, 0.3) is 82.6 Å². The third kappa shape index (κ3) is 5.30. The van der Waals surface area contributed by atoms with Crippen molar-refractivity contribution < 1.29 is 8.83 Å². The first-order chi connectivity index (χ1) is 27.2. The summed E-state index contributed by atoms with van der Waals surface area (Å²) in [6, 6.07) is 61.2. The number of amidine groups is 1. The van der Waals surface area contributed by atoms with Gasteiger partial charge in [0.25, 0.3) is 0 Å². The Morgan fingerprint density at radius 1 is 0.400 bits per heavy atom. The highest BCUT2D eigenvalue weighted by Crippen LogP contribution is 2.42. The summed E-state index contributed by atoms with van der Waals surface area (Å²) in [5.41, 5.74) is 12.5. The summed E-state index contributed by atoms with van der Waals surface area (Å²) in [5, 5.41) is 6.55. The Kier molecular flexibility index (Phi) is 7.20. The fourth-order valence-corrected chi connectivity index (χ4v) is 8.08. The first-order valence-corrected chi connectivity index (χ1v) is 18.6. The second-order valence-electron chi connectivity index (χ2n) is 14.0. The zero-order valence-electron chi connectivity index (χ0n) is 29.7. The molecule has 4 heteroatoms. The van der Waals surface area contributed by atoms with Crippen molar-refractivity contribution in [1.82, 2.24) is 0 Å². The van der Waals surface area contributed by atoms with Crippen LogP contribution in [0.4, 0.5) is 0 Å². The van der Waals surface area contributed by atoms with Gasteiger partial charge in [0.05, 0.1) is 11.4 Å². The van der Waals surface area contributed by atoms with Crippen molar-refractivity contribution in [2.75, 3.05) is 0 Å². The molecule has 0 aliphatic carbocycles. The standard InChI is InChI=1S/C51H32N2O2/c1-2-11-32(12-3-1)34-23-26-35(27-24-34)44-29-30-45(37-28-25-33-13-4-5-14-36(33)31-37)53-51(52-44)43-20-10-22-47-48(43)42-19-9-18-41(50(42)55-47)40-17-8-16-39-38-15-6-7-21-46(38)54-49(39)40/h1-29,31H,30H2. The van der Waals surface area contributed by atoms with Crippen molar-refractivity contribution in [3.05, 3.63) is 199 Å². The lowest BCUT2D eigenvalue weighted by atomic mass is 9.98. The van der Waals surface area contributed by atoms with Gasteiger partial charge in [0.15, 0.2) is 5.84 Å². The van der Waals surface area contributed by atoms with Gasteiger partial charge in [0.2, 0.25) is 0 Å². The zero-order valence-corrected chi connectivity index (χ0v) is 29.7. The van der Waals surface area contributed by atoms with Crippen LogP contribution in [0.2, 0.25) is 0 Å². The highest BCUT2D eigenvalue weighted by atomic mass is 16.3. The van der Waals surface area contributed by atoms with E-state index >= 15 is 0 Å². The van der Waals surface area contributed by atoms with E-state index in [1.165, 1.54) is 21.9 Å². The van der Waals surface area contributed by atoms with E-state index in [4.69, 9.17) is 18.8 Å².